The number of alkyl halides is 1. The molecule has 1 aromatic carbocycles. The van der Waals surface area contributed by atoms with Crippen LogP contribution in [-0.4, -0.2) is 24.4 Å². The maximum absolute atomic E-state index is 13.5. The molecule has 104 valence electrons. The fourth-order valence-corrected chi connectivity index (χ4v) is 2.65. The van der Waals surface area contributed by atoms with Gasteiger partial charge in [-0.15, -0.1) is 11.6 Å². The summed E-state index contributed by atoms with van der Waals surface area (Å²) in [5.41, 5.74) is 0.285. The van der Waals surface area contributed by atoms with Crippen LogP contribution in [0.25, 0.3) is 0 Å². The van der Waals surface area contributed by atoms with Gasteiger partial charge in [-0.1, -0.05) is 12.8 Å². The average Bonchev–Trinajstić information content (AvgIpc) is 2.41. The molecule has 0 aliphatic heterocycles. The highest BCUT2D eigenvalue weighted by Gasteiger charge is 2.25. The fraction of sp³-hybridized carbons (Fsp3) is 0.500. The number of benzene rings is 1. The van der Waals surface area contributed by atoms with Crippen LogP contribution in [0.15, 0.2) is 18.2 Å². The van der Waals surface area contributed by atoms with Gasteiger partial charge in [0.15, 0.2) is 11.6 Å². The van der Waals surface area contributed by atoms with E-state index in [-0.39, 0.29) is 28.6 Å². The Kier molecular flexibility index (Phi) is 4.64. The van der Waals surface area contributed by atoms with Gasteiger partial charge in [0.05, 0.1) is 12.5 Å². The standard InChI is InChI=1S/C14H17ClFNO2/c1-19-13-7-6-9(8-11(13)16)14(18)17-12-5-3-2-4-10(12)15/h6-8,10,12H,2-5H2,1H3,(H,17,18). The number of hydrogen-bond acceptors (Lipinski definition) is 2. The van der Waals surface area contributed by atoms with Crippen molar-refractivity contribution < 1.29 is 13.9 Å². The molecule has 3 nitrogen and oxygen atoms in total. The van der Waals surface area contributed by atoms with Crippen molar-refractivity contribution in [2.45, 2.75) is 37.1 Å². The third-order valence-corrected chi connectivity index (χ3v) is 3.93. The molecule has 1 amide bonds. The predicted molar refractivity (Wildman–Crippen MR) is 72.3 cm³/mol. The lowest BCUT2D eigenvalue weighted by molar-refractivity contribution is 0.0928. The zero-order valence-electron chi connectivity index (χ0n) is 10.8. The highest BCUT2D eigenvalue weighted by atomic mass is 35.5. The van der Waals surface area contributed by atoms with Gasteiger partial charge < -0.3 is 10.1 Å². The van der Waals surface area contributed by atoms with Crippen LogP contribution in [0.2, 0.25) is 0 Å². The molecule has 19 heavy (non-hydrogen) atoms. The van der Waals surface area contributed by atoms with Gasteiger partial charge in [-0.3, -0.25) is 4.79 Å². The molecule has 0 spiro atoms. The average molecular weight is 286 g/mol. The van der Waals surface area contributed by atoms with Gasteiger partial charge in [-0.25, -0.2) is 4.39 Å². The Bertz CT molecular complexity index is 467. The molecule has 0 radical (unpaired) electrons. The van der Waals surface area contributed by atoms with Gasteiger partial charge in [-0.05, 0) is 31.0 Å². The Morgan fingerprint density at radius 1 is 1.42 bits per heavy atom. The second-order valence-corrected chi connectivity index (χ2v) is 5.29. The van der Waals surface area contributed by atoms with Crippen LogP contribution < -0.4 is 10.1 Å². The molecule has 1 saturated carbocycles. The maximum Gasteiger partial charge on any atom is 0.251 e. The first kappa shape index (κ1) is 14.1. The van der Waals surface area contributed by atoms with E-state index in [1.54, 1.807) is 6.07 Å². The molecule has 2 unspecified atom stereocenters. The van der Waals surface area contributed by atoms with Gasteiger partial charge in [0, 0.05) is 11.6 Å². The highest BCUT2D eigenvalue weighted by Crippen LogP contribution is 2.24. The summed E-state index contributed by atoms with van der Waals surface area (Å²) in [7, 11) is 1.39. The van der Waals surface area contributed by atoms with Gasteiger partial charge in [-0.2, -0.15) is 0 Å². The van der Waals surface area contributed by atoms with E-state index in [1.807, 2.05) is 0 Å². The van der Waals surface area contributed by atoms with E-state index in [9.17, 15) is 9.18 Å². The number of carbonyl (C=O) groups is 1. The highest BCUT2D eigenvalue weighted by molar-refractivity contribution is 6.21. The Morgan fingerprint density at radius 3 is 2.79 bits per heavy atom. The van der Waals surface area contributed by atoms with Crippen molar-refractivity contribution in [2.24, 2.45) is 0 Å². The van der Waals surface area contributed by atoms with Crippen molar-refractivity contribution in [1.82, 2.24) is 5.32 Å². The van der Waals surface area contributed by atoms with E-state index >= 15 is 0 Å². The third kappa shape index (κ3) is 3.38. The number of carbonyl (C=O) groups excluding carboxylic acids is 1. The molecular weight excluding hydrogens is 269 g/mol. The molecule has 0 saturated heterocycles. The second kappa shape index (κ2) is 6.24. The molecule has 5 heteroatoms. The summed E-state index contributed by atoms with van der Waals surface area (Å²) >= 11 is 6.18. The number of ether oxygens (including phenoxy) is 1. The maximum atomic E-state index is 13.5. The topological polar surface area (TPSA) is 38.3 Å². The normalized spacial score (nSPS) is 22.9. The summed E-state index contributed by atoms with van der Waals surface area (Å²) in [5.74, 6) is -0.704. The zero-order valence-corrected chi connectivity index (χ0v) is 11.5. The largest absolute Gasteiger partial charge is 0.494 e. The van der Waals surface area contributed by atoms with Gasteiger partial charge >= 0.3 is 0 Å². The van der Waals surface area contributed by atoms with Crippen LogP contribution in [0.5, 0.6) is 5.75 Å². The lowest BCUT2D eigenvalue weighted by Crippen LogP contribution is -2.42. The van der Waals surface area contributed by atoms with E-state index in [0.717, 1.165) is 25.7 Å². The Morgan fingerprint density at radius 2 is 2.16 bits per heavy atom. The summed E-state index contributed by atoms with van der Waals surface area (Å²) in [6.07, 6.45) is 3.94. The minimum absolute atomic E-state index is 0.0342. The van der Waals surface area contributed by atoms with Crippen LogP contribution in [-0.2, 0) is 0 Å². The molecular formula is C14H17ClFNO2. The summed E-state index contributed by atoms with van der Waals surface area (Å²) in [6, 6.07) is 4.14. The SMILES string of the molecule is COc1ccc(C(=O)NC2CCCCC2Cl)cc1F. The summed E-state index contributed by atoms with van der Waals surface area (Å²) in [6.45, 7) is 0. The van der Waals surface area contributed by atoms with Crippen molar-refractivity contribution in [3.63, 3.8) is 0 Å². The molecule has 1 aliphatic rings. The first-order chi connectivity index (χ1) is 9.11. The number of halogens is 2. The molecule has 1 aliphatic carbocycles. The molecule has 1 N–H and O–H groups in total. The number of rotatable bonds is 3. The summed E-state index contributed by atoms with van der Waals surface area (Å²) in [5, 5.41) is 2.83. The number of hydrogen-bond donors (Lipinski definition) is 1. The van der Waals surface area contributed by atoms with E-state index in [4.69, 9.17) is 16.3 Å². The third-order valence-electron chi connectivity index (χ3n) is 3.41. The van der Waals surface area contributed by atoms with Crippen LogP contribution in [0.1, 0.15) is 36.0 Å². The summed E-state index contributed by atoms with van der Waals surface area (Å²) < 4.78 is 18.4. The predicted octanol–water partition coefficient (Wildman–Crippen LogP) is 3.11. The number of nitrogens with one attached hydrogen (secondary N) is 1. The van der Waals surface area contributed by atoms with Crippen LogP contribution in [0.4, 0.5) is 4.39 Å². The molecule has 0 heterocycles. The number of amides is 1. The first-order valence-corrected chi connectivity index (χ1v) is 6.84. The van der Waals surface area contributed by atoms with Crippen molar-refractivity contribution in [3.8, 4) is 5.75 Å². The minimum Gasteiger partial charge on any atom is -0.494 e. The van der Waals surface area contributed by atoms with Gasteiger partial charge in [0.25, 0.3) is 5.91 Å². The lowest BCUT2D eigenvalue weighted by atomic mass is 9.94. The first-order valence-electron chi connectivity index (χ1n) is 6.40. The van der Waals surface area contributed by atoms with Crippen LogP contribution in [0, 0.1) is 5.82 Å². The Hall–Kier alpha value is -1.29. The van der Waals surface area contributed by atoms with Crippen LogP contribution in [0.3, 0.4) is 0 Å². The molecule has 2 atom stereocenters. The number of methoxy groups -OCH3 is 1. The van der Waals surface area contributed by atoms with Gasteiger partial charge in [0.2, 0.25) is 0 Å². The van der Waals surface area contributed by atoms with E-state index < -0.39 is 5.82 Å². The molecule has 0 bridgehead atoms. The molecule has 0 aromatic heterocycles. The lowest BCUT2D eigenvalue weighted by Gasteiger charge is -2.27. The van der Waals surface area contributed by atoms with Crippen molar-refractivity contribution >= 4 is 17.5 Å². The second-order valence-electron chi connectivity index (χ2n) is 4.73. The van der Waals surface area contributed by atoms with Crippen molar-refractivity contribution in [1.29, 1.82) is 0 Å². The van der Waals surface area contributed by atoms with E-state index in [2.05, 4.69) is 5.32 Å². The fourth-order valence-electron chi connectivity index (χ4n) is 2.31. The minimum atomic E-state index is -0.541. The van der Waals surface area contributed by atoms with Crippen molar-refractivity contribution in [3.05, 3.63) is 29.6 Å². The zero-order chi connectivity index (χ0) is 13.8. The van der Waals surface area contributed by atoms with Gasteiger partial charge in [0.1, 0.15) is 0 Å². The van der Waals surface area contributed by atoms with Crippen LogP contribution >= 0.6 is 11.6 Å². The summed E-state index contributed by atoms with van der Waals surface area (Å²) in [4.78, 5) is 12.0. The smallest absolute Gasteiger partial charge is 0.251 e. The molecule has 1 fully saturated rings. The Balaban J connectivity index is 2.05. The van der Waals surface area contributed by atoms with Crippen molar-refractivity contribution in [2.75, 3.05) is 7.11 Å². The quantitative estimate of drug-likeness (QED) is 0.867. The Labute approximate surface area is 117 Å². The molecule has 1 aromatic rings. The molecule has 2 rings (SSSR count). The van der Waals surface area contributed by atoms with E-state index in [0.29, 0.717) is 0 Å². The van der Waals surface area contributed by atoms with E-state index in [1.165, 1.54) is 19.2 Å². The monoisotopic (exact) mass is 285 g/mol.